The lowest BCUT2D eigenvalue weighted by Crippen LogP contribution is -2.49. The first kappa shape index (κ1) is 17.4. The lowest BCUT2D eigenvalue weighted by atomic mass is 10.0. The molecular weight excluding hydrogens is 252 g/mol. The van der Waals surface area contributed by atoms with E-state index in [0.717, 1.165) is 6.42 Å². The molecular formula is C12H22N2O5. The van der Waals surface area contributed by atoms with Crippen LogP contribution in [0.15, 0.2) is 0 Å². The van der Waals surface area contributed by atoms with Crippen LogP contribution < -0.4 is 5.73 Å². The molecule has 0 saturated carbocycles. The first-order valence-corrected chi connectivity index (χ1v) is 6.27. The van der Waals surface area contributed by atoms with Gasteiger partial charge in [0.2, 0.25) is 5.91 Å². The summed E-state index contributed by atoms with van der Waals surface area (Å²) in [7, 11) is 0. The molecule has 7 nitrogen and oxygen atoms in total. The molecule has 0 aromatic heterocycles. The summed E-state index contributed by atoms with van der Waals surface area (Å²) in [5.41, 5.74) is 5.28. The van der Waals surface area contributed by atoms with E-state index < -0.39 is 23.9 Å². The standard InChI is InChI=1S/C12H22N2O5/c1-3-8(2)7-14(10(15)6-13)9(12(18)19)4-5-11(16)17/h8-9H,3-7,13H2,1-2H3,(H,16,17)(H,18,19)/t8?,9-/m0/s1. The zero-order valence-corrected chi connectivity index (χ0v) is 11.3. The highest BCUT2D eigenvalue weighted by Gasteiger charge is 2.30. The van der Waals surface area contributed by atoms with Crippen molar-refractivity contribution in [1.29, 1.82) is 0 Å². The quantitative estimate of drug-likeness (QED) is 0.550. The van der Waals surface area contributed by atoms with Gasteiger partial charge in [-0.2, -0.15) is 0 Å². The van der Waals surface area contributed by atoms with Gasteiger partial charge in [0.1, 0.15) is 6.04 Å². The minimum Gasteiger partial charge on any atom is -0.481 e. The maximum absolute atomic E-state index is 11.7. The van der Waals surface area contributed by atoms with E-state index in [2.05, 4.69) is 0 Å². The summed E-state index contributed by atoms with van der Waals surface area (Å²) in [5, 5.41) is 17.8. The Morgan fingerprint density at radius 1 is 1.26 bits per heavy atom. The molecule has 0 spiro atoms. The van der Waals surface area contributed by atoms with Crippen molar-refractivity contribution in [1.82, 2.24) is 4.90 Å². The van der Waals surface area contributed by atoms with E-state index in [1.165, 1.54) is 4.90 Å². The maximum atomic E-state index is 11.7. The summed E-state index contributed by atoms with van der Waals surface area (Å²) < 4.78 is 0. The van der Waals surface area contributed by atoms with Crippen LogP contribution in [-0.2, 0) is 14.4 Å². The highest BCUT2D eigenvalue weighted by atomic mass is 16.4. The van der Waals surface area contributed by atoms with Crippen molar-refractivity contribution in [3.05, 3.63) is 0 Å². The second kappa shape index (κ2) is 8.47. The zero-order valence-electron chi connectivity index (χ0n) is 11.3. The van der Waals surface area contributed by atoms with Crippen molar-refractivity contribution in [2.45, 2.75) is 39.2 Å². The van der Waals surface area contributed by atoms with Gasteiger partial charge in [-0.05, 0) is 12.3 Å². The van der Waals surface area contributed by atoms with Crippen molar-refractivity contribution in [3.8, 4) is 0 Å². The van der Waals surface area contributed by atoms with Crippen LogP contribution in [0.25, 0.3) is 0 Å². The molecule has 0 fully saturated rings. The number of amides is 1. The predicted octanol–water partition coefficient (Wildman–Crippen LogP) is 0.138. The van der Waals surface area contributed by atoms with Gasteiger partial charge >= 0.3 is 11.9 Å². The molecule has 0 heterocycles. The van der Waals surface area contributed by atoms with Crippen molar-refractivity contribution in [2.75, 3.05) is 13.1 Å². The highest BCUT2D eigenvalue weighted by molar-refractivity contribution is 5.85. The molecule has 4 N–H and O–H groups in total. The molecule has 0 aliphatic rings. The molecule has 110 valence electrons. The smallest absolute Gasteiger partial charge is 0.326 e. The van der Waals surface area contributed by atoms with Gasteiger partial charge in [-0.1, -0.05) is 20.3 Å². The van der Waals surface area contributed by atoms with E-state index >= 15 is 0 Å². The third-order valence-electron chi connectivity index (χ3n) is 2.99. The molecule has 1 unspecified atom stereocenters. The van der Waals surface area contributed by atoms with Crippen LogP contribution in [0.3, 0.4) is 0 Å². The van der Waals surface area contributed by atoms with E-state index in [4.69, 9.17) is 15.9 Å². The minimum atomic E-state index is -1.20. The van der Waals surface area contributed by atoms with E-state index in [1.54, 1.807) is 0 Å². The van der Waals surface area contributed by atoms with E-state index in [0.29, 0.717) is 0 Å². The number of carboxylic acids is 2. The number of carboxylic acid groups (broad SMARTS) is 2. The highest BCUT2D eigenvalue weighted by Crippen LogP contribution is 2.13. The topological polar surface area (TPSA) is 121 Å². The summed E-state index contributed by atoms with van der Waals surface area (Å²) in [6, 6.07) is -1.14. The summed E-state index contributed by atoms with van der Waals surface area (Å²) in [4.78, 5) is 34.7. The lowest BCUT2D eigenvalue weighted by molar-refractivity contribution is -0.151. The normalized spacial score (nSPS) is 13.6. The fourth-order valence-electron chi connectivity index (χ4n) is 1.66. The van der Waals surface area contributed by atoms with Crippen LogP contribution in [-0.4, -0.2) is 52.1 Å². The van der Waals surface area contributed by atoms with Gasteiger partial charge in [0.25, 0.3) is 0 Å². The van der Waals surface area contributed by atoms with E-state index in [9.17, 15) is 14.4 Å². The van der Waals surface area contributed by atoms with Crippen molar-refractivity contribution >= 4 is 17.8 Å². The number of carbonyl (C=O) groups is 3. The number of rotatable bonds is 9. The minimum absolute atomic E-state index is 0.118. The van der Waals surface area contributed by atoms with Gasteiger partial charge in [-0.3, -0.25) is 9.59 Å². The molecule has 0 aromatic carbocycles. The number of hydrogen-bond donors (Lipinski definition) is 3. The Morgan fingerprint density at radius 2 is 1.84 bits per heavy atom. The molecule has 0 aliphatic heterocycles. The summed E-state index contributed by atoms with van der Waals surface area (Å²) >= 11 is 0. The molecule has 19 heavy (non-hydrogen) atoms. The van der Waals surface area contributed by atoms with Crippen LogP contribution in [0.2, 0.25) is 0 Å². The Balaban J connectivity index is 4.96. The van der Waals surface area contributed by atoms with Gasteiger partial charge in [0.15, 0.2) is 0 Å². The molecule has 2 atom stereocenters. The number of aliphatic carboxylic acids is 2. The first-order valence-electron chi connectivity index (χ1n) is 6.27. The third-order valence-corrected chi connectivity index (χ3v) is 2.99. The second-order valence-corrected chi connectivity index (χ2v) is 4.55. The molecule has 0 radical (unpaired) electrons. The van der Waals surface area contributed by atoms with Crippen LogP contribution in [0.5, 0.6) is 0 Å². The maximum Gasteiger partial charge on any atom is 0.326 e. The average Bonchev–Trinajstić information content (AvgIpc) is 2.35. The molecule has 0 bridgehead atoms. The molecule has 1 amide bonds. The van der Waals surface area contributed by atoms with Crippen LogP contribution in [0.1, 0.15) is 33.1 Å². The third kappa shape index (κ3) is 6.19. The molecule has 0 aromatic rings. The largest absolute Gasteiger partial charge is 0.481 e. The van der Waals surface area contributed by atoms with E-state index in [-0.39, 0.29) is 31.8 Å². The van der Waals surface area contributed by atoms with Crippen molar-refractivity contribution < 1.29 is 24.6 Å². The lowest BCUT2D eigenvalue weighted by Gasteiger charge is -2.30. The molecule has 7 heteroatoms. The Hall–Kier alpha value is -1.63. The fraction of sp³-hybridized carbons (Fsp3) is 0.750. The fourth-order valence-corrected chi connectivity index (χ4v) is 1.66. The number of nitrogens with zero attached hydrogens (tertiary/aromatic N) is 1. The molecule has 0 rings (SSSR count). The number of hydrogen-bond acceptors (Lipinski definition) is 4. The van der Waals surface area contributed by atoms with Crippen molar-refractivity contribution in [2.24, 2.45) is 11.7 Å². The summed E-state index contributed by atoms with van der Waals surface area (Å²) in [6.45, 7) is 3.81. The van der Waals surface area contributed by atoms with Crippen molar-refractivity contribution in [3.63, 3.8) is 0 Å². The summed E-state index contributed by atoms with van der Waals surface area (Å²) in [5.74, 6) is -2.64. The molecule has 0 saturated heterocycles. The Kier molecular flexibility index (Phi) is 7.74. The monoisotopic (exact) mass is 274 g/mol. The Bertz CT molecular complexity index is 332. The number of nitrogens with two attached hydrogens (primary N) is 1. The van der Waals surface area contributed by atoms with Gasteiger partial charge in [-0.25, -0.2) is 4.79 Å². The summed E-state index contributed by atoms with van der Waals surface area (Å²) in [6.07, 6.45) is 0.373. The Labute approximate surface area is 112 Å². The van der Waals surface area contributed by atoms with Crippen LogP contribution in [0, 0.1) is 5.92 Å². The zero-order chi connectivity index (χ0) is 15.0. The molecule has 0 aliphatic carbocycles. The van der Waals surface area contributed by atoms with Gasteiger partial charge in [0, 0.05) is 13.0 Å². The van der Waals surface area contributed by atoms with Gasteiger partial charge in [-0.15, -0.1) is 0 Å². The van der Waals surface area contributed by atoms with Crippen LogP contribution in [0.4, 0.5) is 0 Å². The number of carbonyl (C=O) groups excluding carboxylic acids is 1. The van der Waals surface area contributed by atoms with Crippen LogP contribution >= 0.6 is 0 Å². The SMILES string of the molecule is CCC(C)CN(C(=O)CN)[C@@H](CCC(=O)O)C(=O)O. The second-order valence-electron chi connectivity index (χ2n) is 4.55. The van der Waals surface area contributed by atoms with E-state index in [1.807, 2.05) is 13.8 Å². The van der Waals surface area contributed by atoms with Gasteiger partial charge < -0.3 is 20.8 Å². The predicted molar refractivity (Wildman–Crippen MR) is 68.5 cm³/mol. The first-order chi connectivity index (χ1) is 8.83. The van der Waals surface area contributed by atoms with Gasteiger partial charge in [0.05, 0.1) is 6.54 Å². The average molecular weight is 274 g/mol. The Morgan fingerprint density at radius 3 is 2.21 bits per heavy atom.